The van der Waals surface area contributed by atoms with E-state index < -0.39 is 4.92 Å². The van der Waals surface area contributed by atoms with Crippen LogP contribution in [-0.2, 0) is 4.79 Å². The van der Waals surface area contributed by atoms with E-state index in [1.54, 1.807) is 19.1 Å². The normalized spacial score (nSPS) is 11.1. The average Bonchev–Trinajstić information content (AvgIpc) is 3.05. The lowest BCUT2D eigenvalue weighted by Crippen LogP contribution is -2.15. The average molecular weight is 412 g/mol. The Morgan fingerprint density at radius 2 is 2.10 bits per heavy atom. The van der Waals surface area contributed by atoms with E-state index in [1.807, 2.05) is 0 Å². The van der Waals surface area contributed by atoms with Crippen molar-refractivity contribution in [3.8, 4) is 0 Å². The van der Waals surface area contributed by atoms with Crippen LogP contribution in [0.25, 0.3) is 22.1 Å². The molecule has 29 heavy (non-hydrogen) atoms. The summed E-state index contributed by atoms with van der Waals surface area (Å²) in [6.45, 7) is 1.74. The number of amides is 1. The number of benzene rings is 2. The van der Waals surface area contributed by atoms with Crippen LogP contribution in [0, 0.1) is 22.9 Å². The summed E-state index contributed by atoms with van der Waals surface area (Å²) in [7, 11) is 0. The lowest BCUT2D eigenvalue weighted by atomic mass is 10.2. The number of carbonyl (C=O) groups excluding carboxylic acids is 1. The first-order valence-electron chi connectivity index (χ1n) is 8.40. The van der Waals surface area contributed by atoms with Gasteiger partial charge >= 0.3 is 0 Å². The number of anilines is 1. The lowest BCUT2D eigenvalue weighted by molar-refractivity contribution is -0.384. The number of aromatic amines is 1. The molecule has 0 aliphatic rings. The maximum absolute atomic E-state index is 13.4. The van der Waals surface area contributed by atoms with Crippen molar-refractivity contribution in [1.82, 2.24) is 20.2 Å². The summed E-state index contributed by atoms with van der Waals surface area (Å²) in [4.78, 5) is 30.0. The van der Waals surface area contributed by atoms with Crippen LogP contribution in [0.4, 0.5) is 15.8 Å². The number of H-pyrrole nitrogens is 1. The zero-order valence-electron chi connectivity index (χ0n) is 15.0. The molecule has 0 atom stereocenters. The summed E-state index contributed by atoms with van der Waals surface area (Å²) in [5, 5.41) is 22.5. The molecule has 0 bridgehead atoms. The minimum atomic E-state index is -0.523. The molecule has 0 saturated heterocycles. The Morgan fingerprint density at radius 3 is 2.90 bits per heavy atom. The second-order valence-electron chi connectivity index (χ2n) is 6.20. The standard InChI is InChI=1S/C18H13FN6O3S/c1-9-2-4-11(25(27)28)7-14(9)20-15(26)8-29-18-22-17-16(23-24-18)12-6-10(19)3-5-13(12)21-17/h2-7H,8H2,1H3,(H,20,26)(H,21,22,24). The van der Waals surface area contributed by atoms with E-state index >= 15 is 0 Å². The second-order valence-corrected chi connectivity index (χ2v) is 7.14. The van der Waals surface area contributed by atoms with E-state index in [0.717, 1.165) is 11.8 Å². The van der Waals surface area contributed by atoms with E-state index in [4.69, 9.17) is 0 Å². The van der Waals surface area contributed by atoms with Crippen LogP contribution in [0.1, 0.15) is 5.56 Å². The van der Waals surface area contributed by atoms with Gasteiger partial charge in [-0.2, -0.15) is 0 Å². The van der Waals surface area contributed by atoms with E-state index in [0.29, 0.717) is 33.3 Å². The first kappa shape index (κ1) is 18.7. The predicted molar refractivity (Wildman–Crippen MR) is 106 cm³/mol. The summed E-state index contributed by atoms with van der Waals surface area (Å²) in [6.07, 6.45) is 0. The highest BCUT2D eigenvalue weighted by Gasteiger charge is 2.14. The number of hydrogen-bond acceptors (Lipinski definition) is 7. The molecule has 9 nitrogen and oxygen atoms in total. The zero-order chi connectivity index (χ0) is 20.5. The Bertz CT molecular complexity index is 1280. The summed E-state index contributed by atoms with van der Waals surface area (Å²) in [6, 6.07) is 8.54. The molecule has 146 valence electrons. The van der Waals surface area contributed by atoms with Gasteiger partial charge in [-0.05, 0) is 30.7 Å². The van der Waals surface area contributed by atoms with Crippen LogP contribution >= 0.6 is 11.8 Å². The number of hydrogen-bond donors (Lipinski definition) is 2. The monoisotopic (exact) mass is 412 g/mol. The van der Waals surface area contributed by atoms with Gasteiger partial charge in [-0.1, -0.05) is 17.8 Å². The minimum Gasteiger partial charge on any atom is -0.338 e. The third kappa shape index (κ3) is 3.85. The van der Waals surface area contributed by atoms with Crippen LogP contribution in [0.5, 0.6) is 0 Å². The van der Waals surface area contributed by atoms with Gasteiger partial charge in [-0.3, -0.25) is 14.9 Å². The van der Waals surface area contributed by atoms with Crippen molar-refractivity contribution in [2.24, 2.45) is 0 Å². The summed E-state index contributed by atoms with van der Waals surface area (Å²) >= 11 is 1.07. The molecular formula is C18H13FN6O3S. The number of rotatable bonds is 5. The Labute approximate surface area is 166 Å². The molecule has 0 fully saturated rings. The molecule has 1 amide bonds. The van der Waals surface area contributed by atoms with Crippen molar-refractivity contribution >= 4 is 51.1 Å². The fourth-order valence-corrected chi connectivity index (χ4v) is 3.35. The molecule has 2 heterocycles. The van der Waals surface area contributed by atoms with Gasteiger partial charge in [0.1, 0.15) is 11.3 Å². The van der Waals surface area contributed by atoms with Gasteiger partial charge < -0.3 is 10.3 Å². The molecule has 0 aliphatic heterocycles. The topological polar surface area (TPSA) is 127 Å². The van der Waals surface area contributed by atoms with Crippen LogP contribution in [-0.4, -0.2) is 36.7 Å². The fraction of sp³-hybridized carbons (Fsp3) is 0.111. The van der Waals surface area contributed by atoms with E-state index in [9.17, 15) is 19.3 Å². The molecule has 0 spiro atoms. The Hall–Kier alpha value is -3.60. The Kier molecular flexibility index (Phi) is 4.80. The van der Waals surface area contributed by atoms with Gasteiger partial charge in [-0.15, -0.1) is 10.2 Å². The highest BCUT2D eigenvalue weighted by Crippen LogP contribution is 2.25. The number of aryl methyl sites for hydroxylation is 1. The number of nitrogens with one attached hydrogen (secondary N) is 2. The number of thioether (sulfide) groups is 1. The third-order valence-corrected chi connectivity index (χ3v) is 5.03. The maximum atomic E-state index is 13.4. The number of halogens is 1. The van der Waals surface area contributed by atoms with Gasteiger partial charge in [0, 0.05) is 23.0 Å². The molecule has 0 saturated carbocycles. The smallest absolute Gasteiger partial charge is 0.271 e. The molecule has 2 N–H and O–H groups in total. The highest BCUT2D eigenvalue weighted by molar-refractivity contribution is 7.99. The fourth-order valence-electron chi connectivity index (χ4n) is 2.76. The first-order chi connectivity index (χ1) is 13.9. The minimum absolute atomic E-state index is 0.00975. The summed E-state index contributed by atoms with van der Waals surface area (Å²) in [5.41, 5.74) is 2.55. The lowest BCUT2D eigenvalue weighted by Gasteiger charge is -2.07. The van der Waals surface area contributed by atoms with E-state index in [-0.39, 0.29) is 28.3 Å². The Morgan fingerprint density at radius 1 is 1.28 bits per heavy atom. The molecule has 0 unspecified atom stereocenters. The number of nitro groups is 1. The predicted octanol–water partition coefficient (Wildman–Crippen LogP) is 3.59. The molecule has 11 heteroatoms. The zero-order valence-corrected chi connectivity index (χ0v) is 15.8. The van der Waals surface area contributed by atoms with Gasteiger partial charge in [-0.25, -0.2) is 9.37 Å². The van der Waals surface area contributed by atoms with Crippen molar-refractivity contribution in [3.05, 3.63) is 57.9 Å². The van der Waals surface area contributed by atoms with Crippen molar-refractivity contribution in [3.63, 3.8) is 0 Å². The SMILES string of the molecule is Cc1ccc([N+](=O)[O-])cc1NC(=O)CSc1nnc2c(n1)[nH]c1ccc(F)cc12. The molecule has 2 aromatic carbocycles. The third-order valence-electron chi connectivity index (χ3n) is 4.20. The van der Waals surface area contributed by atoms with Crippen LogP contribution in [0.2, 0.25) is 0 Å². The molecule has 0 aliphatic carbocycles. The van der Waals surface area contributed by atoms with Crippen molar-refractivity contribution < 1.29 is 14.1 Å². The molecule has 2 aromatic heterocycles. The maximum Gasteiger partial charge on any atom is 0.271 e. The van der Waals surface area contributed by atoms with Crippen molar-refractivity contribution in [2.75, 3.05) is 11.1 Å². The van der Waals surface area contributed by atoms with Crippen LogP contribution < -0.4 is 5.32 Å². The highest BCUT2D eigenvalue weighted by atomic mass is 32.2. The van der Waals surface area contributed by atoms with Gasteiger partial charge in [0.05, 0.1) is 16.4 Å². The number of carbonyl (C=O) groups is 1. The molecule has 4 aromatic rings. The largest absolute Gasteiger partial charge is 0.338 e. The quantitative estimate of drug-likeness (QED) is 0.291. The Balaban J connectivity index is 1.48. The number of nitro benzene ring substituents is 1. The van der Waals surface area contributed by atoms with Crippen LogP contribution in [0.15, 0.2) is 41.6 Å². The van der Waals surface area contributed by atoms with Crippen molar-refractivity contribution in [1.29, 1.82) is 0 Å². The molecule has 0 radical (unpaired) electrons. The van der Waals surface area contributed by atoms with E-state index in [1.165, 1.54) is 24.3 Å². The second kappa shape index (κ2) is 7.43. The van der Waals surface area contributed by atoms with E-state index in [2.05, 4.69) is 25.5 Å². The number of nitrogens with zero attached hydrogens (tertiary/aromatic N) is 4. The summed E-state index contributed by atoms with van der Waals surface area (Å²) in [5.74, 6) is -0.753. The van der Waals surface area contributed by atoms with Crippen molar-refractivity contribution in [2.45, 2.75) is 12.1 Å². The van der Waals surface area contributed by atoms with Gasteiger partial charge in [0.25, 0.3) is 5.69 Å². The number of non-ortho nitro benzene ring substituents is 1. The molecule has 4 rings (SSSR count). The van der Waals surface area contributed by atoms with Crippen LogP contribution in [0.3, 0.4) is 0 Å². The van der Waals surface area contributed by atoms with Gasteiger partial charge in [0.2, 0.25) is 11.1 Å². The number of fused-ring (bicyclic) bond motifs is 3. The summed E-state index contributed by atoms with van der Waals surface area (Å²) < 4.78 is 13.4. The van der Waals surface area contributed by atoms with Gasteiger partial charge in [0.15, 0.2) is 5.65 Å². The number of aromatic nitrogens is 4. The first-order valence-corrected chi connectivity index (χ1v) is 9.38. The molecular weight excluding hydrogens is 399 g/mol.